The van der Waals surface area contributed by atoms with Crippen LogP contribution in [0.4, 0.5) is 0 Å². The molecule has 4 nitrogen and oxygen atoms in total. The first-order valence-electron chi connectivity index (χ1n) is 9.35. The molecule has 0 saturated heterocycles. The molecule has 0 aliphatic carbocycles. The van der Waals surface area contributed by atoms with Crippen LogP contribution in [0.2, 0.25) is 0 Å². The Balaban J connectivity index is 0. The molecule has 0 bridgehead atoms. The van der Waals surface area contributed by atoms with E-state index >= 15 is 0 Å². The number of carbonyl (C=O) groups is 2. The molecule has 0 aromatic heterocycles. The summed E-state index contributed by atoms with van der Waals surface area (Å²) in [5.41, 5.74) is 0. The van der Waals surface area contributed by atoms with Crippen LogP contribution >= 0.6 is 7.26 Å². The Labute approximate surface area is 143 Å². The van der Waals surface area contributed by atoms with Crippen molar-refractivity contribution < 1.29 is 19.8 Å². The second-order valence-electron chi connectivity index (χ2n) is 6.52. The zero-order valence-corrected chi connectivity index (χ0v) is 16.7. The summed E-state index contributed by atoms with van der Waals surface area (Å²) in [7, 11) is -0.879. The van der Waals surface area contributed by atoms with E-state index in [0.29, 0.717) is 0 Å². The fraction of sp³-hybridized carbons (Fsp3) is 0.889. The van der Waals surface area contributed by atoms with Crippen LogP contribution in [0.3, 0.4) is 0 Å². The van der Waals surface area contributed by atoms with Crippen molar-refractivity contribution in [1.29, 1.82) is 0 Å². The molecule has 0 atom stereocenters. The van der Waals surface area contributed by atoms with Crippen molar-refractivity contribution >= 4 is 19.2 Å². The van der Waals surface area contributed by atoms with E-state index in [0.717, 1.165) is 0 Å². The third-order valence-electron chi connectivity index (χ3n) is 4.43. The first kappa shape index (κ1) is 24.6. The molecule has 0 aromatic rings. The Bertz CT molecular complexity index is 256. The maximum absolute atomic E-state index is 9.10. The van der Waals surface area contributed by atoms with Gasteiger partial charge in [0.25, 0.3) is 0 Å². The van der Waals surface area contributed by atoms with Gasteiger partial charge in [-0.2, -0.15) is 0 Å². The molecular formula is C18H39O4P. The summed E-state index contributed by atoms with van der Waals surface area (Å²) in [5, 5.41) is 14.8. The standard InChI is InChI=1S/C16H37P.C2H2O4/c1-5-9-13-17(14-10-6-2,15-11-7-3)16-12-8-4;3-1(4)2(5)6/h17H,5-16H2,1-4H3;(H,3,4)(H,5,6). The molecule has 0 heterocycles. The van der Waals surface area contributed by atoms with E-state index in [2.05, 4.69) is 27.7 Å². The van der Waals surface area contributed by atoms with Gasteiger partial charge in [-0.1, -0.05) is 0 Å². The smallest absolute Gasteiger partial charge is 0.414 e. The van der Waals surface area contributed by atoms with E-state index in [1.54, 1.807) is 24.6 Å². The number of hydrogen-bond donors (Lipinski definition) is 2. The monoisotopic (exact) mass is 350 g/mol. The van der Waals surface area contributed by atoms with Crippen molar-refractivity contribution in [3.8, 4) is 0 Å². The van der Waals surface area contributed by atoms with Crippen LogP contribution in [-0.4, -0.2) is 46.8 Å². The minimum Gasteiger partial charge on any atom is -0.473 e. The molecule has 5 heteroatoms. The van der Waals surface area contributed by atoms with E-state index in [9.17, 15) is 0 Å². The van der Waals surface area contributed by atoms with E-state index in [-0.39, 0.29) is 0 Å². The Morgan fingerprint density at radius 3 is 0.957 bits per heavy atom. The van der Waals surface area contributed by atoms with Gasteiger partial charge >= 0.3 is 123 Å². The van der Waals surface area contributed by atoms with Gasteiger partial charge in [0.1, 0.15) is 0 Å². The van der Waals surface area contributed by atoms with Gasteiger partial charge in [-0.3, -0.25) is 0 Å². The average molecular weight is 350 g/mol. The van der Waals surface area contributed by atoms with Crippen LogP contribution in [0.5, 0.6) is 0 Å². The molecule has 0 rings (SSSR count). The SMILES string of the molecule is CCCC[PH](CCCC)(CCCC)CCCC.O=C(O)C(=O)O. The Hall–Kier alpha value is -0.630. The van der Waals surface area contributed by atoms with Gasteiger partial charge in [0.05, 0.1) is 0 Å². The van der Waals surface area contributed by atoms with Crippen LogP contribution in [-0.2, 0) is 9.59 Å². The Morgan fingerprint density at radius 1 is 0.609 bits per heavy atom. The summed E-state index contributed by atoms with van der Waals surface area (Å²) in [6, 6.07) is 0. The Kier molecular flexibility index (Phi) is 17.4. The van der Waals surface area contributed by atoms with Crippen LogP contribution in [0.15, 0.2) is 0 Å². The normalized spacial score (nSPS) is 11.5. The summed E-state index contributed by atoms with van der Waals surface area (Å²) >= 11 is 0. The maximum atomic E-state index is 9.10. The maximum Gasteiger partial charge on any atom is 0.414 e. The van der Waals surface area contributed by atoms with E-state index < -0.39 is 19.2 Å². The van der Waals surface area contributed by atoms with Crippen LogP contribution in [0, 0.1) is 0 Å². The van der Waals surface area contributed by atoms with Crippen molar-refractivity contribution in [3.63, 3.8) is 0 Å². The second-order valence-corrected chi connectivity index (χ2v) is 11.5. The van der Waals surface area contributed by atoms with Gasteiger partial charge in [-0.05, 0) is 0 Å². The number of rotatable bonds is 12. The number of hydrogen-bond acceptors (Lipinski definition) is 2. The molecule has 0 radical (unpaired) electrons. The third-order valence-corrected chi connectivity index (χ3v) is 10.1. The number of unbranched alkanes of at least 4 members (excludes halogenated alkanes) is 4. The molecule has 23 heavy (non-hydrogen) atoms. The summed E-state index contributed by atoms with van der Waals surface area (Å²) in [6.07, 6.45) is 18.1. The first-order valence-corrected chi connectivity index (χ1v) is 12.2. The minimum absolute atomic E-state index is 0.879. The van der Waals surface area contributed by atoms with Gasteiger partial charge < -0.3 is 10.2 Å². The van der Waals surface area contributed by atoms with E-state index in [1.165, 1.54) is 51.4 Å². The number of carboxylic acid groups (broad SMARTS) is 2. The average Bonchev–Trinajstić information content (AvgIpc) is 2.54. The predicted molar refractivity (Wildman–Crippen MR) is 103 cm³/mol. The van der Waals surface area contributed by atoms with Crippen molar-refractivity contribution in [2.24, 2.45) is 0 Å². The largest absolute Gasteiger partial charge is 0.473 e. The molecule has 0 aliphatic rings. The molecule has 0 unspecified atom stereocenters. The minimum atomic E-state index is -1.82. The van der Waals surface area contributed by atoms with Gasteiger partial charge in [0.2, 0.25) is 0 Å². The third kappa shape index (κ3) is 14.7. The molecule has 0 spiro atoms. The molecular weight excluding hydrogens is 311 g/mol. The second kappa shape index (κ2) is 16.2. The number of aliphatic carboxylic acids is 2. The Morgan fingerprint density at radius 2 is 0.826 bits per heavy atom. The zero-order valence-electron chi connectivity index (χ0n) is 15.7. The zero-order chi connectivity index (χ0) is 18.1. The summed E-state index contributed by atoms with van der Waals surface area (Å²) < 4.78 is 0. The molecule has 140 valence electrons. The van der Waals surface area contributed by atoms with Crippen molar-refractivity contribution in [1.82, 2.24) is 0 Å². The van der Waals surface area contributed by atoms with Gasteiger partial charge in [-0.15, -0.1) is 0 Å². The predicted octanol–water partition coefficient (Wildman–Crippen LogP) is 5.09. The summed E-state index contributed by atoms with van der Waals surface area (Å²) in [6.45, 7) is 9.44. The van der Waals surface area contributed by atoms with Crippen LogP contribution in [0.25, 0.3) is 0 Å². The van der Waals surface area contributed by atoms with Crippen molar-refractivity contribution in [2.75, 3.05) is 24.6 Å². The first-order chi connectivity index (χ1) is 10.9. The molecule has 0 saturated carbocycles. The molecule has 0 aliphatic heterocycles. The molecule has 0 amide bonds. The fourth-order valence-corrected chi connectivity index (χ4v) is 8.87. The summed E-state index contributed by atoms with van der Waals surface area (Å²) in [5.74, 6) is -3.65. The fourth-order valence-electron chi connectivity index (χ4n) is 2.96. The van der Waals surface area contributed by atoms with Gasteiger partial charge in [-0.25, -0.2) is 9.59 Å². The van der Waals surface area contributed by atoms with Gasteiger partial charge in [0, 0.05) is 0 Å². The topological polar surface area (TPSA) is 74.6 Å². The van der Waals surface area contributed by atoms with Crippen molar-refractivity contribution in [2.45, 2.75) is 79.1 Å². The van der Waals surface area contributed by atoms with Gasteiger partial charge in [0.15, 0.2) is 0 Å². The number of carboxylic acids is 2. The molecule has 0 aromatic carbocycles. The van der Waals surface area contributed by atoms with Crippen LogP contribution < -0.4 is 0 Å². The molecule has 0 fully saturated rings. The van der Waals surface area contributed by atoms with Crippen LogP contribution in [0.1, 0.15) is 79.1 Å². The quantitative estimate of drug-likeness (QED) is 0.380. The molecule has 2 N–H and O–H groups in total. The van der Waals surface area contributed by atoms with E-state index in [1.807, 2.05) is 0 Å². The van der Waals surface area contributed by atoms with E-state index in [4.69, 9.17) is 19.8 Å². The van der Waals surface area contributed by atoms with Crippen molar-refractivity contribution in [3.05, 3.63) is 0 Å². The summed E-state index contributed by atoms with van der Waals surface area (Å²) in [4.78, 5) is 18.2.